The molecule has 7 heteroatoms. The Hall–Kier alpha value is -1.37. The van der Waals surface area contributed by atoms with Crippen molar-refractivity contribution in [3.05, 3.63) is 46.6 Å². The molecule has 0 bridgehead atoms. The maximum Gasteiger partial charge on any atom is 0.227 e. The first kappa shape index (κ1) is 18.0. The molecule has 23 heavy (non-hydrogen) atoms. The van der Waals surface area contributed by atoms with E-state index >= 15 is 0 Å². The number of carbonyl (C=O) groups excluding carboxylic acids is 1. The summed E-state index contributed by atoms with van der Waals surface area (Å²) < 4.78 is 2.86. The second-order valence-corrected chi connectivity index (χ2v) is 6.46. The molecule has 1 unspecified atom stereocenters. The minimum atomic E-state index is 0. The van der Waals surface area contributed by atoms with Crippen LogP contribution in [0.25, 0.3) is 0 Å². The maximum absolute atomic E-state index is 12.1. The van der Waals surface area contributed by atoms with Crippen LogP contribution >= 0.6 is 28.3 Å². The van der Waals surface area contributed by atoms with E-state index in [9.17, 15) is 4.79 Å². The topological polar surface area (TPSA) is 59.0 Å². The van der Waals surface area contributed by atoms with Crippen LogP contribution in [-0.4, -0.2) is 28.3 Å². The normalized spacial score (nSPS) is 16.8. The molecule has 2 heterocycles. The first-order chi connectivity index (χ1) is 10.7. The van der Waals surface area contributed by atoms with Gasteiger partial charge in [0.25, 0.3) is 0 Å². The van der Waals surface area contributed by atoms with Gasteiger partial charge in [-0.3, -0.25) is 4.79 Å². The van der Waals surface area contributed by atoms with E-state index in [2.05, 4.69) is 31.7 Å². The molecule has 0 radical (unpaired) electrons. The third-order valence-electron chi connectivity index (χ3n) is 3.82. The Morgan fingerprint density at radius 3 is 2.83 bits per heavy atom. The van der Waals surface area contributed by atoms with Gasteiger partial charge in [0.15, 0.2) is 0 Å². The molecule has 2 N–H and O–H groups in total. The fraction of sp³-hybridized carbons (Fsp3) is 0.375. The lowest BCUT2D eigenvalue weighted by atomic mass is 10.1. The van der Waals surface area contributed by atoms with Gasteiger partial charge >= 0.3 is 0 Å². The van der Waals surface area contributed by atoms with Gasteiger partial charge in [0.2, 0.25) is 5.91 Å². The second kappa shape index (κ2) is 8.47. The predicted octanol–water partition coefficient (Wildman–Crippen LogP) is 3.20. The molecule has 0 aliphatic carbocycles. The number of nitrogens with one attached hydrogen (secondary N) is 2. The average molecular weight is 400 g/mol. The van der Waals surface area contributed by atoms with Crippen molar-refractivity contribution >= 4 is 40.1 Å². The van der Waals surface area contributed by atoms with Crippen LogP contribution in [0.1, 0.15) is 24.8 Å². The fourth-order valence-corrected chi connectivity index (χ4v) is 2.94. The van der Waals surface area contributed by atoms with Gasteiger partial charge < -0.3 is 10.6 Å². The van der Waals surface area contributed by atoms with Crippen molar-refractivity contribution in [2.45, 2.75) is 31.8 Å². The predicted molar refractivity (Wildman–Crippen MR) is 97.0 cm³/mol. The van der Waals surface area contributed by atoms with Crippen LogP contribution in [0, 0.1) is 0 Å². The highest BCUT2D eigenvalue weighted by Gasteiger charge is 2.18. The van der Waals surface area contributed by atoms with Gasteiger partial charge in [-0.25, -0.2) is 4.68 Å². The van der Waals surface area contributed by atoms with Gasteiger partial charge in [-0.2, -0.15) is 5.10 Å². The Morgan fingerprint density at radius 2 is 2.13 bits per heavy atom. The van der Waals surface area contributed by atoms with Gasteiger partial charge in [0, 0.05) is 23.0 Å². The number of nitrogens with zero attached hydrogens (tertiary/aromatic N) is 2. The van der Waals surface area contributed by atoms with Crippen molar-refractivity contribution < 1.29 is 4.79 Å². The molecule has 0 saturated carbocycles. The van der Waals surface area contributed by atoms with Gasteiger partial charge in [0.05, 0.1) is 12.7 Å². The number of hydrogen-bond acceptors (Lipinski definition) is 3. The first-order valence-electron chi connectivity index (χ1n) is 7.50. The van der Waals surface area contributed by atoms with Crippen molar-refractivity contribution in [2.24, 2.45) is 0 Å². The second-order valence-electron chi connectivity index (χ2n) is 5.55. The van der Waals surface area contributed by atoms with Crippen LogP contribution in [0.3, 0.4) is 0 Å². The number of benzene rings is 1. The molecule has 1 aliphatic heterocycles. The highest BCUT2D eigenvalue weighted by atomic mass is 79.9. The lowest BCUT2D eigenvalue weighted by molar-refractivity contribution is -0.116. The van der Waals surface area contributed by atoms with Crippen LogP contribution in [-0.2, 0) is 11.3 Å². The van der Waals surface area contributed by atoms with Crippen molar-refractivity contribution in [3.8, 4) is 0 Å². The summed E-state index contributed by atoms with van der Waals surface area (Å²) in [6.07, 6.45) is 4.46. The number of rotatable bonds is 5. The molecule has 2 aromatic rings. The minimum absolute atomic E-state index is 0. The largest absolute Gasteiger partial charge is 0.313 e. The highest BCUT2D eigenvalue weighted by molar-refractivity contribution is 9.10. The van der Waals surface area contributed by atoms with E-state index < -0.39 is 0 Å². The number of anilines is 1. The summed E-state index contributed by atoms with van der Waals surface area (Å²) in [5.74, 6) is 0.780. The Balaban J connectivity index is 0.00000192. The van der Waals surface area contributed by atoms with Crippen molar-refractivity contribution in [3.63, 3.8) is 0 Å². The summed E-state index contributed by atoms with van der Waals surface area (Å²) in [4.78, 5) is 12.1. The Labute approximate surface area is 150 Å². The summed E-state index contributed by atoms with van der Waals surface area (Å²) in [6.45, 7) is 1.65. The van der Waals surface area contributed by atoms with Crippen LogP contribution in [0.2, 0.25) is 0 Å². The minimum Gasteiger partial charge on any atom is -0.313 e. The lowest BCUT2D eigenvalue weighted by Gasteiger charge is -2.12. The Morgan fingerprint density at radius 1 is 1.35 bits per heavy atom. The monoisotopic (exact) mass is 398 g/mol. The van der Waals surface area contributed by atoms with E-state index in [-0.39, 0.29) is 18.3 Å². The van der Waals surface area contributed by atoms with Crippen molar-refractivity contribution in [2.75, 3.05) is 11.9 Å². The number of halogens is 2. The number of amides is 1. The number of carbonyl (C=O) groups is 1. The third-order valence-corrected chi connectivity index (χ3v) is 4.35. The molecule has 5 nitrogen and oxygen atoms in total. The average Bonchev–Trinajstić information content (AvgIpc) is 3.14. The molecule has 1 aromatic carbocycles. The molecular weight excluding hydrogens is 380 g/mol. The third kappa shape index (κ3) is 5.06. The molecule has 124 valence electrons. The van der Waals surface area contributed by atoms with E-state index in [1.807, 2.05) is 35.0 Å². The number of aromatic nitrogens is 2. The van der Waals surface area contributed by atoms with Gasteiger partial charge in [-0.15, -0.1) is 12.4 Å². The fourth-order valence-electron chi connectivity index (χ4n) is 2.68. The zero-order chi connectivity index (χ0) is 15.4. The summed E-state index contributed by atoms with van der Waals surface area (Å²) in [7, 11) is 0. The van der Waals surface area contributed by atoms with E-state index in [0.717, 1.165) is 35.2 Å². The maximum atomic E-state index is 12.1. The lowest BCUT2D eigenvalue weighted by Crippen LogP contribution is -2.28. The van der Waals surface area contributed by atoms with Crippen LogP contribution in [0.5, 0.6) is 0 Å². The highest BCUT2D eigenvalue weighted by Crippen LogP contribution is 2.15. The summed E-state index contributed by atoms with van der Waals surface area (Å²) in [6, 6.07) is 10.2. The molecule has 1 aliphatic rings. The molecule has 0 spiro atoms. The van der Waals surface area contributed by atoms with Gasteiger partial charge in [0.1, 0.15) is 5.82 Å². The van der Waals surface area contributed by atoms with Crippen LogP contribution in [0.4, 0.5) is 5.82 Å². The molecule has 1 saturated heterocycles. The van der Waals surface area contributed by atoms with E-state index in [4.69, 9.17) is 0 Å². The first-order valence-corrected chi connectivity index (χ1v) is 8.29. The summed E-state index contributed by atoms with van der Waals surface area (Å²) >= 11 is 3.43. The van der Waals surface area contributed by atoms with E-state index in [0.29, 0.717) is 19.0 Å². The van der Waals surface area contributed by atoms with Gasteiger partial charge in [-0.1, -0.05) is 28.1 Å². The van der Waals surface area contributed by atoms with Crippen molar-refractivity contribution in [1.29, 1.82) is 0 Å². The Kier molecular flexibility index (Phi) is 6.62. The zero-order valence-corrected chi connectivity index (χ0v) is 15.1. The summed E-state index contributed by atoms with van der Waals surface area (Å²) in [5.41, 5.74) is 1.14. The molecule has 1 fully saturated rings. The number of hydrogen-bond donors (Lipinski definition) is 2. The van der Waals surface area contributed by atoms with E-state index in [1.54, 1.807) is 6.20 Å². The van der Waals surface area contributed by atoms with Gasteiger partial charge in [-0.05, 0) is 37.1 Å². The zero-order valence-electron chi connectivity index (χ0n) is 12.7. The molecule has 3 rings (SSSR count). The van der Waals surface area contributed by atoms with Crippen molar-refractivity contribution in [1.82, 2.24) is 15.1 Å². The van der Waals surface area contributed by atoms with Crippen LogP contribution < -0.4 is 10.6 Å². The van der Waals surface area contributed by atoms with E-state index in [1.165, 1.54) is 0 Å². The SMILES string of the molecule is Cl.O=C(CC1CCCN1)Nc1ccnn1Cc1ccc(Br)cc1. The smallest absolute Gasteiger partial charge is 0.227 e. The molecule has 1 aromatic heterocycles. The molecule has 1 atom stereocenters. The molecule has 1 amide bonds. The van der Waals surface area contributed by atoms with Crippen LogP contribution in [0.15, 0.2) is 41.0 Å². The molecular formula is C16H20BrClN4O. The Bertz CT molecular complexity index is 638. The summed E-state index contributed by atoms with van der Waals surface area (Å²) in [5, 5.41) is 10.6. The quantitative estimate of drug-likeness (QED) is 0.812. The standard InChI is InChI=1S/C16H19BrN4O.ClH/c17-13-5-3-12(4-6-13)11-21-15(7-9-19-21)20-16(22)10-14-2-1-8-18-14;/h3-7,9,14,18H,1-2,8,10-11H2,(H,20,22);1H.